The van der Waals surface area contributed by atoms with E-state index in [1.54, 1.807) is 0 Å². The number of carbonyl (C=O) groups excluding carboxylic acids is 2. The molecule has 0 radical (unpaired) electrons. The van der Waals surface area contributed by atoms with Crippen LogP contribution < -0.4 is 10.6 Å². The quantitative estimate of drug-likeness (QED) is 0.595. The third kappa shape index (κ3) is 4.42. The number of halogens is 1. The summed E-state index contributed by atoms with van der Waals surface area (Å²) < 4.78 is 0. The second kappa shape index (κ2) is 9.20. The number of nitrogens with one attached hydrogen (secondary N) is 2. The Kier molecular flexibility index (Phi) is 6.18. The minimum atomic E-state index is -0.300. The number of hydrogen-bond acceptors (Lipinski definition) is 4. The molecule has 1 aromatic rings. The molecule has 4 atom stereocenters. The summed E-state index contributed by atoms with van der Waals surface area (Å²) in [5, 5.41) is 18.0. The molecule has 1 saturated heterocycles. The van der Waals surface area contributed by atoms with Crippen LogP contribution >= 0.6 is 11.6 Å². The third-order valence-corrected chi connectivity index (χ3v) is 9.68. The Morgan fingerprint density at radius 1 is 1.11 bits per heavy atom. The van der Waals surface area contributed by atoms with Crippen molar-refractivity contribution < 1.29 is 14.7 Å². The van der Waals surface area contributed by atoms with Crippen molar-refractivity contribution in [3.8, 4) is 0 Å². The van der Waals surface area contributed by atoms with E-state index in [4.69, 9.17) is 11.6 Å². The number of benzene rings is 1. The van der Waals surface area contributed by atoms with Crippen LogP contribution in [0.2, 0.25) is 5.02 Å². The highest BCUT2D eigenvalue weighted by atomic mass is 35.5. The van der Waals surface area contributed by atoms with E-state index in [0.717, 1.165) is 57.1 Å². The zero-order valence-corrected chi connectivity index (χ0v) is 21.0. The fourth-order valence-electron chi connectivity index (χ4n) is 7.90. The molecule has 35 heavy (non-hydrogen) atoms. The Morgan fingerprint density at radius 2 is 1.86 bits per heavy atom. The van der Waals surface area contributed by atoms with E-state index in [9.17, 15) is 14.7 Å². The first-order valence-electron chi connectivity index (χ1n) is 13.4. The van der Waals surface area contributed by atoms with E-state index in [-0.39, 0.29) is 47.3 Å². The molecular formula is C28H36ClN3O3. The van der Waals surface area contributed by atoms with Crippen molar-refractivity contribution in [3.63, 3.8) is 0 Å². The third-order valence-electron chi connectivity index (χ3n) is 9.42. The zero-order valence-electron chi connectivity index (χ0n) is 20.2. The Morgan fingerprint density at radius 3 is 2.60 bits per heavy atom. The van der Waals surface area contributed by atoms with Crippen LogP contribution in [0.5, 0.6) is 0 Å². The summed E-state index contributed by atoms with van der Waals surface area (Å²) in [6, 6.07) is 7.56. The fraction of sp³-hybridized carbons (Fsp3) is 0.643. The predicted molar refractivity (Wildman–Crippen MR) is 136 cm³/mol. The molecule has 5 fully saturated rings. The van der Waals surface area contributed by atoms with Crippen molar-refractivity contribution in [2.45, 2.75) is 69.6 Å². The van der Waals surface area contributed by atoms with Gasteiger partial charge in [-0.2, -0.15) is 0 Å². The zero-order chi connectivity index (χ0) is 24.2. The van der Waals surface area contributed by atoms with Crippen LogP contribution in [0.3, 0.4) is 0 Å². The molecule has 3 unspecified atom stereocenters. The Bertz CT molecular complexity index is 1010. The van der Waals surface area contributed by atoms with Crippen LogP contribution in [0.15, 0.2) is 30.3 Å². The van der Waals surface area contributed by atoms with Gasteiger partial charge in [-0.05, 0) is 92.4 Å². The summed E-state index contributed by atoms with van der Waals surface area (Å²) in [6.45, 7) is 1.99. The minimum Gasteiger partial charge on any atom is -0.393 e. The van der Waals surface area contributed by atoms with E-state index in [0.29, 0.717) is 30.5 Å². The smallest absolute Gasteiger partial charge is 0.240 e. The van der Waals surface area contributed by atoms with Crippen LogP contribution in [0.4, 0.5) is 0 Å². The molecule has 2 amide bonds. The normalized spacial score (nSPS) is 38.2. The number of carbonyl (C=O) groups is 2. The van der Waals surface area contributed by atoms with Gasteiger partial charge in [-0.25, -0.2) is 0 Å². The van der Waals surface area contributed by atoms with Gasteiger partial charge in [0.15, 0.2) is 0 Å². The molecule has 0 spiro atoms. The molecule has 1 aromatic carbocycles. The monoisotopic (exact) mass is 497 g/mol. The SMILES string of the molecule is O=C(C1CC(c2ccc(Cl)cc2)=CCN1)N1CCC[C@H](NC(=O)C23CC4CC(C2)C(O)C(C4)C3)C1. The van der Waals surface area contributed by atoms with Crippen LogP contribution in [0.1, 0.15) is 56.9 Å². The van der Waals surface area contributed by atoms with Crippen molar-refractivity contribution >= 4 is 29.0 Å². The first-order chi connectivity index (χ1) is 16.9. The molecular weight excluding hydrogens is 462 g/mol. The summed E-state index contributed by atoms with van der Waals surface area (Å²) in [5.74, 6) is 1.47. The summed E-state index contributed by atoms with van der Waals surface area (Å²) in [6.07, 6.45) is 9.20. The first kappa shape index (κ1) is 23.5. The van der Waals surface area contributed by atoms with E-state index in [2.05, 4.69) is 16.7 Å². The van der Waals surface area contributed by atoms with Gasteiger partial charge in [0.2, 0.25) is 11.8 Å². The highest BCUT2D eigenvalue weighted by Gasteiger charge is 2.58. The maximum absolute atomic E-state index is 13.5. The van der Waals surface area contributed by atoms with Crippen molar-refractivity contribution in [2.75, 3.05) is 19.6 Å². The van der Waals surface area contributed by atoms with Gasteiger partial charge < -0.3 is 20.6 Å². The van der Waals surface area contributed by atoms with Crippen molar-refractivity contribution in [3.05, 3.63) is 40.9 Å². The second-order valence-electron chi connectivity index (χ2n) is 11.7. The lowest BCUT2D eigenvalue weighted by atomic mass is 9.48. The number of nitrogens with zero attached hydrogens (tertiary/aromatic N) is 1. The number of hydrogen-bond donors (Lipinski definition) is 3. The molecule has 6 nitrogen and oxygen atoms in total. The Labute approximate surface area is 212 Å². The number of aliphatic hydroxyl groups is 1. The molecule has 2 heterocycles. The number of amides is 2. The van der Waals surface area contributed by atoms with Gasteiger partial charge in [0.05, 0.1) is 17.6 Å². The van der Waals surface area contributed by atoms with Crippen molar-refractivity contribution in [2.24, 2.45) is 23.2 Å². The van der Waals surface area contributed by atoms with Crippen molar-refractivity contribution in [1.82, 2.24) is 15.5 Å². The highest BCUT2D eigenvalue weighted by Crippen LogP contribution is 2.60. The molecule has 188 valence electrons. The summed E-state index contributed by atoms with van der Waals surface area (Å²) >= 11 is 6.04. The average Bonchev–Trinajstić information content (AvgIpc) is 2.87. The van der Waals surface area contributed by atoms with Crippen LogP contribution in [0.25, 0.3) is 5.57 Å². The molecule has 4 bridgehead atoms. The summed E-state index contributed by atoms with van der Waals surface area (Å²) in [7, 11) is 0. The summed E-state index contributed by atoms with van der Waals surface area (Å²) in [5.41, 5.74) is 1.98. The Hall–Kier alpha value is -1.89. The summed E-state index contributed by atoms with van der Waals surface area (Å²) in [4.78, 5) is 28.9. The second-order valence-corrected chi connectivity index (χ2v) is 12.2. The van der Waals surface area contributed by atoms with Crippen LogP contribution in [0, 0.1) is 23.2 Å². The maximum Gasteiger partial charge on any atom is 0.240 e. The lowest BCUT2D eigenvalue weighted by Gasteiger charge is -2.58. The Balaban J connectivity index is 1.08. The molecule has 4 aliphatic carbocycles. The topological polar surface area (TPSA) is 81.7 Å². The van der Waals surface area contributed by atoms with Gasteiger partial charge in [-0.3, -0.25) is 9.59 Å². The molecule has 7 rings (SSSR count). The van der Waals surface area contributed by atoms with Crippen molar-refractivity contribution in [1.29, 1.82) is 0 Å². The molecule has 2 aliphatic heterocycles. The maximum atomic E-state index is 13.5. The van der Waals surface area contributed by atoms with Gasteiger partial charge in [0.1, 0.15) is 0 Å². The molecule has 7 heteroatoms. The van der Waals surface area contributed by atoms with Gasteiger partial charge in [-0.1, -0.05) is 29.8 Å². The lowest BCUT2D eigenvalue weighted by molar-refractivity contribution is -0.164. The molecule has 0 aromatic heterocycles. The standard InChI is InChI=1S/C28H36ClN3O3/c29-22-5-3-18(4-6-22)19-7-8-30-24(12-19)26(34)32-9-1-2-23(16-32)31-27(35)28-13-17-10-20(14-28)25(33)21(11-17)15-28/h3-7,17,20-21,23-25,30,33H,1-2,8-16H2,(H,31,35)/t17?,20?,21?,23-,24?,25?,28?/m0/s1. The lowest BCUT2D eigenvalue weighted by Crippen LogP contribution is -2.61. The fourth-order valence-corrected chi connectivity index (χ4v) is 8.03. The van der Waals surface area contributed by atoms with Gasteiger partial charge in [0.25, 0.3) is 0 Å². The average molecular weight is 498 g/mol. The van der Waals surface area contributed by atoms with Gasteiger partial charge in [0, 0.05) is 30.7 Å². The van der Waals surface area contributed by atoms with E-state index in [1.807, 2.05) is 29.2 Å². The largest absolute Gasteiger partial charge is 0.393 e. The molecule has 4 saturated carbocycles. The number of rotatable bonds is 4. The molecule has 6 aliphatic rings. The van der Waals surface area contributed by atoms with Crippen LogP contribution in [-0.4, -0.2) is 59.6 Å². The van der Waals surface area contributed by atoms with Crippen LogP contribution in [-0.2, 0) is 9.59 Å². The van der Waals surface area contributed by atoms with E-state index < -0.39 is 0 Å². The first-order valence-corrected chi connectivity index (χ1v) is 13.7. The number of aliphatic hydroxyl groups excluding tert-OH is 1. The molecule has 3 N–H and O–H groups in total. The van der Waals surface area contributed by atoms with Gasteiger partial charge >= 0.3 is 0 Å². The number of likely N-dealkylation sites (tertiary alicyclic amines) is 1. The minimum absolute atomic E-state index is 0.00740. The van der Waals surface area contributed by atoms with Gasteiger partial charge in [-0.15, -0.1) is 0 Å². The van der Waals surface area contributed by atoms with E-state index >= 15 is 0 Å². The predicted octanol–water partition coefficient (Wildman–Crippen LogP) is 3.38. The van der Waals surface area contributed by atoms with E-state index in [1.165, 1.54) is 5.57 Å². The highest BCUT2D eigenvalue weighted by molar-refractivity contribution is 6.30. The number of piperidine rings is 1.